The largest absolute Gasteiger partial charge is 0.497 e. The topological polar surface area (TPSA) is 214 Å². The monoisotopic (exact) mass is 968 g/mol. The van der Waals surface area contributed by atoms with E-state index in [1.54, 1.807) is 43.4 Å². The van der Waals surface area contributed by atoms with Gasteiger partial charge in [0.2, 0.25) is 11.9 Å². The van der Waals surface area contributed by atoms with Gasteiger partial charge in [0.05, 0.1) is 38.5 Å². The van der Waals surface area contributed by atoms with Crippen LogP contribution in [0.1, 0.15) is 55.0 Å². The van der Waals surface area contributed by atoms with Gasteiger partial charge in [-0.2, -0.15) is 4.99 Å². The van der Waals surface area contributed by atoms with Crippen LogP contribution >= 0.6 is 0 Å². The van der Waals surface area contributed by atoms with Gasteiger partial charge in [-0.05, 0) is 76.1 Å². The van der Waals surface area contributed by atoms with Crippen molar-refractivity contribution in [3.63, 3.8) is 0 Å². The number of hydrogen-bond donors (Lipinski definition) is 2. The van der Waals surface area contributed by atoms with E-state index in [9.17, 15) is 24.8 Å². The van der Waals surface area contributed by atoms with Crippen molar-refractivity contribution < 1.29 is 52.8 Å². The summed E-state index contributed by atoms with van der Waals surface area (Å²) in [6.45, 7) is 5.78. The van der Waals surface area contributed by atoms with Crippen molar-refractivity contribution in [1.29, 1.82) is 0 Å². The van der Waals surface area contributed by atoms with Crippen molar-refractivity contribution in [2.24, 2.45) is 15.0 Å². The molecule has 5 aromatic rings. The predicted octanol–water partition coefficient (Wildman–Crippen LogP) is 6.50. The summed E-state index contributed by atoms with van der Waals surface area (Å²) >= 11 is 0. The summed E-state index contributed by atoms with van der Waals surface area (Å²) in [5.41, 5.74) is 2.77. The quantitative estimate of drug-likeness (QED) is 0.0442. The molecule has 6 atom stereocenters. The number of carbonyl (C=O) groups excluding carboxylic acids is 2. The lowest BCUT2D eigenvalue weighted by molar-refractivity contribution is -0.384. The number of hydrogen-bond acceptors (Lipinski definition) is 16. The Balaban J connectivity index is 1.04. The fourth-order valence-electron chi connectivity index (χ4n) is 8.66. The van der Waals surface area contributed by atoms with E-state index in [-0.39, 0.29) is 49.0 Å². The third-order valence-electron chi connectivity index (χ3n) is 12.5. The second kappa shape index (κ2) is 21.6. The molecule has 1 saturated heterocycles. The Morgan fingerprint density at radius 3 is 1.97 bits per heavy atom. The number of guanidine groups is 1. The number of esters is 1. The summed E-state index contributed by atoms with van der Waals surface area (Å²) in [5.74, 6) is 0.209. The second-order valence-electron chi connectivity index (χ2n) is 18.1. The molecular formula is C53H56N6O12. The molecule has 1 amide bonds. The molecule has 3 aliphatic rings. The van der Waals surface area contributed by atoms with Crippen LogP contribution < -0.4 is 19.5 Å². The number of ether oxygens (including phenoxy) is 7. The van der Waals surface area contributed by atoms with Crippen LogP contribution in [0.2, 0.25) is 0 Å². The highest BCUT2D eigenvalue weighted by Crippen LogP contribution is 2.43. The first-order valence-corrected chi connectivity index (χ1v) is 23.0. The number of nitro groups is 1. The van der Waals surface area contributed by atoms with Crippen molar-refractivity contribution in [3.05, 3.63) is 165 Å². The average molecular weight is 969 g/mol. The van der Waals surface area contributed by atoms with Gasteiger partial charge in [0.1, 0.15) is 41.2 Å². The van der Waals surface area contributed by atoms with Crippen LogP contribution in [0.3, 0.4) is 0 Å². The zero-order chi connectivity index (χ0) is 50.3. The Kier molecular flexibility index (Phi) is 15.2. The molecule has 8 rings (SSSR count). The van der Waals surface area contributed by atoms with Crippen molar-refractivity contribution in [2.75, 3.05) is 34.5 Å². The van der Waals surface area contributed by atoms with Gasteiger partial charge in [0, 0.05) is 19.2 Å². The van der Waals surface area contributed by atoms with E-state index in [1.165, 1.54) is 25.6 Å². The van der Waals surface area contributed by atoms with Crippen molar-refractivity contribution in [3.8, 4) is 17.2 Å². The van der Waals surface area contributed by atoms with E-state index in [1.807, 2.05) is 91.0 Å². The van der Waals surface area contributed by atoms with Gasteiger partial charge in [0.15, 0.2) is 25.0 Å². The first-order chi connectivity index (χ1) is 34.2. The minimum absolute atomic E-state index is 0.0713. The molecule has 0 bridgehead atoms. The third kappa shape index (κ3) is 11.1. The van der Waals surface area contributed by atoms with Gasteiger partial charge < -0.3 is 43.2 Å². The van der Waals surface area contributed by atoms with E-state index in [0.717, 1.165) is 22.3 Å². The van der Waals surface area contributed by atoms with E-state index in [0.29, 0.717) is 22.8 Å². The zero-order valence-corrected chi connectivity index (χ0v) is 40.2. The summed E-state index contributed by atoms with van der Waals surface area (Å²) in [6.07, 6.45) is -3.62. The van der Waals surface area contributed by atoms with Crippen LogP contribution in [-0.2, 0) is 46.0 Å². The van der Waals surface area contributed by atoms with Gasteiger partial charge in [-0.15, -0.1) is 0 Å². The van der Waals surface area contributed by atoms with Crippen LogP contribution in [0.25, 0.3) is 0 Å². The molecule has 0 aliphatic carbocycles. The number of rotatable bonds is 17. The molecule has 0 radical (unpaired) electrons. The highest BCUT2D eigenvalue weighted by Gasteiger charge is 2.53. The molecule has 18 heteroatoms. The smallest absolute Gasteiger partial charge is 0.312 e. The Hall–Kier alpha value is -7.51. The lowest BCUT2D eigenvalue weighted by Gasteiger charge is -2.37. The number of aryl methyl sites for hydroxylation is 1. The van der Waals surface area contributed by atoms with Crippen molar-refractivity contribution in [2.45, 2.75) is 81.4 Å². The highest BCUT2D eigenvalue weighted by molar-refractivity contribution is 6.08. The summed E-state index contributed by atoms with van der Waals surface area (Å²) in [4.78, 5) is 53.0. The highest BCUT2D eigenvalue weighted by atomic mass is 16.6. The van der Waals surface area contributed by atoms with Crippen LogP contribution in [0.5, 0.6) is 17.2 Å². The first-order valence-electron chi connectivity index (χ1n) is 23.0. The normalized spacial score (nSPS) is 20.6. The lowest BCUT2D eigenvalue weighted by Crippen LogP contribution is -2.53. The fourth-order valence-corrected chi connectivity index (χ4v) is 8.66. The Morgan fingerprint density at radius 2 is 1.39 bits per heavy atom. The number of aliphatic hydroxyl groups excluding tert-OH is 1. The van der Waals surface area contributed by atoms with Crippen molar-refractivity contribution >= 4 is 35.8 Å². The van der Waals surface area contributed by atoms with Gasteiger partial charge in [-0.3, -0.25) is 30.0 Å². The average Bonchev–Trinajstić information content (AvgIpc) is 3.95. The number of aliphatic hydroxyl groups is 1. The minimum Gasteiger partial charge on any atom is -0.497 e. The predicted molar refractivity (Wildman–Crippen MR) is 263 cm³/mol. The van der Waals surface area contributed by atoms with Crippen molar-refractivity contribution in [1.82, 2.24) is 10.2 Å². The van der Waals surface area contributed by atoms with Gasteiger partial charge in [-0.25, -0.2) is 4.99 Å². The maximum atomic E-state index is 13.4. The molecule has 3 aliphatic heterocycles. The molecule has 71 heavy (non-hydrogen) atoms. The van der Waals surface area contributed by atoms with Crippen LogP contribution in [0, 0.1) is 10.1 Å². The Bertz CT molecular complexity index is 2700. The second-order valence-corrected chi connectivity index (χ2v) is 18.1. The molecule has 18 nitrogen and oxygen atoms in total. The SMILES string of the molecule is COc1ccc(C(OC[C@H]2O[C@@H](N3C=N[C@@H]4C(OC(=O)CCc5ccc([N+](=O)[O-])cc5)=NC(NC(=O)COc5ccc(C(C)(C)C)cc5)=N[C@H]43)[C@H](OC)[C@@H]2O)(c2ccccc2)c2ccc(OC)cc2)cc1. The number of nitro benzene ring substituents is 1. The molecule has 2 N–H and O–H groups in total. The molecule has 0 aromatic heterocycles. The van der Waals surface area contributed by atoms with E-state index in [2.05, 4.69) is 36.1 Å². The van der Waals surface area contributed by atoms with Crippen LogP contribution in [0.4, 0.5) is 5.69 Å². The maximum absolute atomic E-state index is 13.4. The number of benzene rings is 5. The minimum atomic E-state index is -1.23. The van der Waals surface area contributed by atoms with Gasteiger partial charge in [0.25, 0.3) is 11.6 Å². The van der Waals surface area contributed by atoms with Crippen LogP contribution in [0.15, 0.2) is 142 Å². The number of methoxy groups -OCH3 is 3. The summed E-state index contributed by atoms with van der Waals surface area (Å²) in [7, 11) is 4.65. The molecular weight excluding hydrogens is 913 g/mol. The Morgan fingerprint density at radius 1 is 0.803 bits per heavy atom. The van der Waals surface area contributed by atoms with E-state index in [4.69, 9.17) is 38.2 Å². The number of amides is 1. The number of aliphatic imine (C=N–C) groups is 3. The molecule has 1 fully saturated rings. The number of carbonyl (C=O) groups is 2. The number of non-ortho nitro benzene ring substituents is 1. The molecule has 0 saturated carbocycles. The third-order valence-corrected chi connectivity index (χ3v) is 12.5. The Labute approximate surface area is 411 Å². The fraction of sp³-hybridized carbons (Fsp3) is 0.340. The summed E-state index contributed by atoms with van der Waals surface area (Å²) in [6, 6.07) is 37.2. The molecule has 370 valence electrons. The number of fused-ring (bicyclic) bond motifs is 1. The standard InChI is InChI=1S/C53H56N6O12/c1-52(2,3)34-15-27-41(28-16-34)68-31-43(60)55-51-56-48-45(49(57-51)71-44(61)29-14-33-12-21-38(22-13-33)59(63)64)54-32-58(48)50-47(67-6)46(62)42(70-50)30-69-53(35-10-8-7-9-11-35,36-17-23-39(65-4)24-18-36)37-19-25-40(66-5)26-20-37/h7-13,15-28,32,42,45-48,50,62H,14,29-31H2,1-6H3,(H,55,56,60)/t42-,45+,46-,47-,48+,50-/m1/s1. The van der Waals surface area contributed by atoms with E-state index >= 15 is 0 Å². The molecule has 5 aromatic carbocycles. The maximum Gasteiger partial charge on any atom is 0.312 e. The molecule has 0 unspecified atom stereocenters. The molecule has 3 heterocycles. The molecule has 0 spiro atoms. The van der Waals surface area contributed by atoms with Crippen LogP contribution in [-0.4, -0.2) is 116 Å². The summed E-state index contributed by atoms with van der Waals surface area (Å²) in [5, 5.41) is 25.8. The first kappa shape index (κ1) is 49.9. The zero-order valence-electron chi connectivity index (χ0n) is 40.2. The number of nitrogens with one attached hydrogen (secondary N) is 1. The summed E-state index contributed by atoms with van der Waals surface area (Å²) < 4.78 is 42.4. The van der Waals surface area contributed by atoms with Gasteiger partial charge >= 0.3 is 5.97 Å². The number of nitrogens with zero attached hydrogens (tertiary/aromatic N) is 5. The lowest BCUT2D eigenvalue weighted by atomic mass is 9.80. The van der Waals surface area contributed by atoms with E-state index < -0.39 is 59.1 Å². The van der Waals surface area contributed by atoms with Gasteiger partial charge in [-0.1, -0.05) is 99.6 Å².